The summed E-state index contributed by atoms with van der Waals surface area (Å²) in [4.78, 5) is 6.97. The highest BCUT2D eigenvalue weighted by molar-refractivity contribution is 5.80. The van der Waals surface area contributed by atoms with Crippen molar-refractivity contribution in [1.29, 1.82) is 0 Å². The van der Waals surface area contributed by atoms with E-state index < -0.39 is 0 Å². The molecule has 0 aliphatic carbocycles. The second-order valence-electron chi connectivity index (χ2n) is 7.13. The van der Waals surface area contributed by atoms with Gasteiger partial charge in [-0.1, -0.05) is 18.2 Å². The van der Waals surface area contributed by atoms with Gasteiger partial charge in [0.15, 0.2) is 11.8 Å². The standard InChI is InChI=1S/C20H31N7O/c1-16-24-25-19(27(16)3)14-22-20(23-17-10-13-28-15-17)21-11-7-12-26(2)18-8-5-4-6-9-18/h4-6,8-9,17H,7,10-15H2,1-3H3,(H2,21,22,23). The summed E-state index contributed by atoms with van der Waals surface area (Å²) >= 11 is 0. The molecule has 2 N–H and O–H groups in total. The largest absolute Gasteiger partial charge is 0.379 e. The van der Waals surface area contributed by atoms with Crippen LogP contribution in [-0.2, 0) is 18.3 Å². The zero-order valence-corrected chi connectivity index (χ0v) is 17.1. The molecule has 1 aliphatic rings. The Labute approximate surface area is 167 Å². The van der Waals surface area contributed by atoms with E-state index in [9.17, 15) is 0 Å². The number of aryl methyl sites for hydroxylation is 1. The molecular formula is C20H31N7O. The Balaban J connectivity index is 1.51. The summed E-state index contributed by atoms with van der Waals surface area (Å²) in [5.74, 6) is 2.55. The van der Waals surface area contributed by atoms with Gasteiger partial charge in [-0.05, 0) is 31.9 Å². The molecule has 152 valence electrons. The second-order valence-corrected chi connectivity index (χ2v) is 7.13. The Morgan fingerprint density at radius 3 is 2.82 bits per heavy atom. The van der Waals surface area contributed by atoms with Crippen LogP contribution in [0.15, 0.2) is 35.3 Å². The van der Waals surface area contributed by atoms with Crippen LogP contribution in [0.2, 0.25) is 0 Å². The number of aliphatic imine (C=N–C) groups is 1. The first kappa shape index (κ1) is 20.1. The predicted octanol–water partition coefficient (Wildman–Crippen LogP) is 1.47. The van der Waals surface area contributed by atoms with E-state index in [0.29, 0.717) is 12.6 Å². The van der Waals surface area contributed by atoms with Crippen molar-refractivity contribution in [2.45, 2.75) is 32.4 Å². The summed E-state index contributed by atoms with van der Waals surface area (Å²) < 4.78 is 7.44. The van der Waals surface area contributed by atoms with Crippen LogP contribution >= 0.6 is 0 Å². The van der Waals surface area contributed by atoms with Crippen LogP contribution in [0.25, 0.3) is 0 Å². The van der Waals surface area contributed by atoms with E-state index in [4.69, 9.17) is 9.73 Å². The molecule has 0 spiro atoms. The number of anilines is 1. The van der Waals surface area contributed by atoms with Crippen molar-refractivity contribution in [1.82, 2.24) is 25.4 Å². The van der Waals surface area contributed by atoms with Crippen LogP contribution in [-0.4, -0.2) is 60.1 Å². The van der Waals surface area contributed by atoms with Gasteiger partial charge in [0.05, 0.1) is 12.6 Å². The number of ether oxygens (including phenoxy) is 1. The van der Waals surface area contributed by atoms with Crippen molar-refractivity contribution in [3.63, 3.8) is 0 Å². The molecule has 8 nitrogen and oxygen atoms in total. The lowest BCUT2D eigenvalue weighted by Crippen LogP contribution is -2.44. The maximum absolute atomic E-state index is 5.47. The maximum atomic E-state index is 5.47. The average molecular weight is 386 g/mol. The van der Waals surface area contributed by atoms with Gasteiger partial charge in [0, 0.05) is 39.5 Å². The lowest BCUT2D eigenvalue weighted by molar-refractivity contribution is 0.192. The molecule has 2 heterocycles. The molecule has 1 saturated heterocycles. The van der Waals surface area contributed by atoms with E-state index in [1.165, 1.54) is 5.69 Å². The number of nitrogens with zero attached hydrogens (tertiary/aromatic N) is 5. The Bertz CT molecular complexity index is 753. The fourth-order valence-electron chi connectivity index (χ4n) is 3.07. The molecule has 0 amide bonds. The summed E-state index contributed by atoms with van der Waals surface area (Å²) in [6.07, 6.45) is 2.01. The zero-order chi connectivity index (χ0) is 19.8. The highest BCUT2D eigenvalue weighted by Crippen LogP contribution is 2.10. The number of para-hydroxylation sites is 1. The van der Waals surface area contributed by atoms with E-state index in [1.54, 1.807) is 0 Å². The molecule has 1 aromatic heterocycles. The Kier molecular flexibility index (Phi) is 7.25. The monoisotopic (exact) mass is 385 g/mol. The molecule has 1 fully saturated rings. The van der Waals surface area contributed by atoms with E-state index in [2.05, 4.69) is 57.0 Å². The molecule has 1 unspecified atom stereocenters. The first-order chi connectivity index (χ1) is 13.6. The van der Waals surface area contributed by atoms with Crippen molar-refractivity contribution >= 4 is 11.6 Å². The molecule has 1 atom stereocenters. The van der Waals surface area contributed by atoms with Crippen LogP contribution in [0, 0.1) is 6.92 Å². The quantitative estimate of drug-likeness (QED) is 0.407. The van der Waals surface area contributed by atoms with Gasteiger partial charge in [0.25, 0.3) is 0 Å². The average Bonchev–Trinajstić information content (AvgIpc) is 3.34. The molecule has 1 aliphatic heterocycles. The Morgan fingerprint density at radius 2 is 2.14 bits per heavy atom. The Morgan fingerprint density at radius 1 is 1.32 bits per heavy atom. The van der Waals surface area contributed by atoms with Gasteiger partial charge in [-0.2, -0.15) is 0 Å². The number of nitrogens with one attached hydrogen (secondary N) is 2. The third kappa shape index (κ3) is 5.69. The number of guanidine groups is 1. The number of aromatic nitrogens is 3. The summed E-state index contributed by atoms with van der Waals surface area (Å²) in [5.41, 5.74) is 1.23. The fourth-order valence-corrected chi connectivity index (χ4v) is 3.07. The fraction of sp³-hybridized carbons (Fsp3) is 0.550. The van der Waals surface area contributed by atoms with Gasteiger partial charge in [0.1, 0.15) is 12.4 Å². The van der Waals surface area contributed by atoms with Gasteiger partial charge in [-0.25, -0.2) is 4.99 Å². The van der Waals surface area contributed by atoms with Crippen molar-refractivity contribution in [3.8, 4) is 0 Å². The maximum Gasteiger partial charge on any atom is 0.192 e. The summed E-state index contributed by atoms with van der Waals surface area (Å²) in [7, 11) is 4.08. The molecule has 0 radical (unpaired) electrons. The van der Waals surface area contributed by atoms with Gasteiger partial charge in [0.2, 0.25) is 0 Å². The van der Waals surface area contributed by atoms with Gasteiger partial charge < -0.3 is 24.8 Å². The van der Waals surface area contributed by atoms with Gasteiger partial charge >= 0.3 is 0 Å². The van der Waals surface area contributed by atoms with Crippen molar-refractivity contribution < 1.29 is 4.74 Å². The Hall–Kier alpha value is -2.61. The highest BCUT2D eigenvalue weighted by atomic mass is 16.5. The first-order valence-corrected chi connectivity index (χ1v) is 9.87. The molecular weight excluding hydrogens is 354 g/mol. The van der Waals surface area contributed by atoms with Gasteiger partial charge in [-0.3, -0.25) is 0 Å². The van der Waals surface area contributed by atoms with Crippen molar-refractivity contribution in [3.05, 3.63) is 42.0 Å². The topological polar surface area (TPSA) is 79.6 Å². The third-order valence-electron chi connectivity index (χ3n) is 4.99. The third-order valence-corrected chi connectivity index (χ3v) is 4.99. The van der Waals surface area contributed by atoms with E-state index >= 15 is 0 Å². The van der Waals surface area contributed by atoms with Crippen molar-refractivity contribution in [2.75, 3.05) is 38.3 Å². The lowest BCUT2D eigenvalue weighted by atomic mass is 10.2. The summed E-state index contributed by atoms with van der Waals surface area (Å²) in [6, 6.07) is 10.7. The molecule has 8 heteroatoms. The lowest BCUT2D eigenvalue weighted by Gasteiger charge is -2.20. The van der Waals surface area contributed by atoms with Crippen molar-refractivity contribution in [2.24, 2.45) is 12.0 Å². The van der Waals surface area contributed by atoms with Crippen LogP contribution in [0.5, 0.6) is 0 Å². The second kappa shape index (κ2) is 10.1. The van der Waals surface area contributed by atoms with E-state index in [0.717, 1.165) is 56.8 Å². The van der Waals surface area contributed by atoms with E-state index in [-0.39, 0.29) is 0 Å². The first-order valence-electron chi connectivity index (χ1n) is 9.87. The molecule has 1 aromatic carbocycles. The number of hydrogen-bond acceptors (Lipinski definition) is 5. The van der Waals surface area contributed by atoms with Crippen LogP contribution in [0.1, 0.15) is 24.5 Å². The smallest absolute Gasteiger partial charge is 0.192 e. The summed E-state index contributed by atoms with van der Waals surface area (Å²) in [6.45, 7) is 5.77. The number of hydrogen-bond donors (Lipinski definition) is 2. The predicted molar refractivity (Wildman–Crippen MR) is 112 cm³/mol. The molecule has 0 saturated carbocycles. The van der Waals surface area contributed by atoms with Gasteiger partial charge in [-0.15, -0.1) is 10.2 Å². The summed E-state index contributed by atoms with van der Waals surface area (Å²) in [5, 5.41) is 15.2. The number of benzene rings is 1. The van der Waals surface area contributed by atoms with E-state index in [1.807, 2.05) is 24.6 Å². The zero-order valence-electron chi connectivity index (χ0n) is 17.1. The minimum Gasteiger partial charge on any atom is -0.379 e. The molecule has 3 rings (SSSR count). The SMILES string of the molecule is Cc1nnc(CN=C(NCCCN(C)c2ccccc2)NC2CCOC2)n1C. The minimum absolute atomic E-state index is 0.305. The highest BCUT2D eigenvalue weighted by Gasteiger charge is 2.17. The number of rotatable bonds is 8. The normalized spacial score (nSPS) is 17.0. The minimum atomic E-state index is 0.305. The van der Waals surface area contributed by atoms with Crippen LogP contribution in [0.3, 0.4) is 0 Å². The van der Waals surface area contributed by atoms with Crippen LogP contribution < -0.4 is 15.5 Å². The molecule has 28 heavy (non-hydrogen) atoms. The molecule has 2 aromatic rings. The van der Waals surface area contributed by atoms with Crippen LogP contribution in [0.4, 0.5) is 5.69 Å². The molecule has 0 bridgehead atoms.